The topological polar surface area (TPSA) is 22.1 Å². The molecule has 0 amide bonds. The van der Waals surface area contributed by atoms with Crippen molar-refractivity contribution in [3.8, 4) is 17.0 Å². The van der Waals surface area contributed by atoms with E-state index in [1.165, 1.54) is 35.1 Å². The largest absolute Gasteiger partial charge is 0.489 e. The van der Waals surface area contributed by atoms with Crippen LogP contribution >= 0.6 is 11.3 Å². The summed E-state index contributed by atoms with van der Waals surface area (Å²) in [5.41, 5.74) is 3.44. The molecular formula is C27H27F4NOS. The first-order chi connectivity index (χ1) is 16.1. The van der Waals surface area contributed by atoms with Crippen molar-refractivity contribution in [1.29, 1.82) is 0 Å². The Hall–Kier alpha value is -2.93. The molecule has 0 unspecified atom stereocenters. The number of hydrogen-bond donors (Lipinski definition) is 0. The van der Waals surface area contributed by atoms with Crippen LogP contribution in [0, 0.1) is 5.82 Å². The van der Waals surface area contributed by atoms with Gasteiger partial charge in [0.25, 0.3) is 0 Å². The molecule has 0 radical (unpaired) electrons. The third kappa shape index (κ3) is 7.55. The minimum absolute atomic E-state index is 0.0800. The van der Waals surface area contributed by atoms with Crippen LogP contribution in [0.25, 0.3) is 11.3 Å². The Morgan fingerprint density at radius 1 is 1.03 bits per heavy atom. The van der Waals surface area contributed by atoms with E-state index in [0.717, 1.165) is 30.0 Å². The normalized spacial score (nSPS) is 12.0. The minimum atomic E-state index is -4.53. The van der Waals surface area contributed by atoms with Gasteiger partial charge in [0, 0.05) is 17.4 Å². The molecule has 34 heavy (non-hydrogen) atoms. The van der Waals surface area contributed by atoms with Crippen LogP contribution in [0.1, 0.15) is 49.7 Å². The zero-order valence-electron chi connectivity index (χ0n) is 19.4. The fraction of sp³-hybridized carbons (Fsp3) is 0.296. The van der Waals surface area contributed by atoms with Crippen LogP contribution in [0.5, 0.6) is 5.75 Å². The molecule has 7 heteroatoms. The maximum atomic E-state index is 13.7. The van der Waals surface area contributed by atoms with Gasteiger partial charge in [-0.3, -0.25) is 0 Å². The summed E-state index contributed by atoms with van der Waals surface area (Å²) >= 11 is 1.36. The van der Waals surface area contributed by atoms with Gasteiger partial charge in [0.05, 0.1) is 16.3 Å². The third-order valence-corrected chi connectivity index (χ3v) is 6.01. The van der Waals surface area contributed by atoms with Crippen LogP contribution in [0.2, 0.25) is 0 Å². The molecule has 2 nitrogen and oxygen atoms in total. The number of rotatable bonds is 9. The third-order valence-electron chi connectivity index (χ3n) is 5.16. The van der Waals surface area contributed by atoms with E-state index >= 15 is 0 Å². The van der Waals surface area contributed by atoms with Gasteiger partial charge in [-0.15, -0.1) is 11.3 Å². The van der Waals surface area contributed by atoms with E-state index in [-0.39, 0.29) is 24.6 Å². The van der Waals surface area contributed by atoms with E-state index in [1.54, 1.807) is 18.2 Å². The number of thiazole rings is 1. The molecule has 1 heterocycles. The van der Waals surface area contributed by atoms with Gasteiger partial charge in [-0.1, -0.05) is 23.3 Å². The second kappa shape index (κ2) is 11.5. The first-order valence-electron chi connectivity index (χ1n) is 10.9. The molecule has 2 aromatic carbocycles. The maximum absolute atomic E-state index is 13.7. The number of ether oxygens (including phenoxy) is 1. The van der Waals surface area contributed by atoms with Crippen molar-refractivity contribution in [3.63, 3.8) is 0 Å². The predicted molar refractivity (Wildman–Crippen MR) is 130 cm³/mol. The Labute approximate surface area is 201 Å². The number of alkyl halides is 3. The van der Waals surface area contributed by atoms with Gasteiger partial charge in [0.15, 0.2) is 0 Å². The lowest BCUT2D eigenvalue weighted by molar-refractivity contribution is -0.138. The lowest BCUT2D eigenvalue weighted by atomic mass is 10.1. The Balaban J connectivity index is 1.70. The Bertz CT molecular complexity index is 1160. The average Bonchev–Trinajstić information content (AvgIpc) is 3.22. The number of allylic oxidation sites excluding steroid dienone is 3. The molecule has 0 aliphatic heterocycles. The number of nitrogens with zero attached hydrogens (tertiary/aromatic N) is 1. The Morgan fingerprint density at radius 3 is 2.44 bits per heavy atom. The van der Waals surface area contributed by atoms with E-state index in [4.69, 9.17) is 4.74 Å². The van der Waals surface area contributed by atoms with E-state index in [0.29, 0.717) is 16.3 Å². The van der Waals surface area contributed by atoms with E-state index < -0.39 is 11.7 Å². The zero-order chi connectivity index (χ0) is 24.7. The van der Waals surface area contributed by atoms with Crippen LogP contribution in [0.15, 0.2) is 71.1 Å². The van der Waals surface area contributed by atoms with Crippen molar-refractivity contribution < 1.29 is 22.3 Å². The monoisotopic (exact) mass is 489 g/mol. The van der Waals surface area contributed by atoms with Crippen LogP contribution in [0.3, 0.4) is 0 Å². The summed E-state index contributed by atoms with van der Waals surface area (Å²) in [6.07, 6.45) is 1.41. The van der Waals surface area contributed by atoms with Crippen molar-refractivity contribution in [2.75, 3.05) is 6.61 Å². The van der Waals surface area contributed by atoms with Gasteiger partial charge >= 0.3 is 6.18 Å². The van der Waals surface area contributed by atoms with Crippen molar-refractivity contribution in [2.24, 2.45) is 0 Å². The van der Waals surface area contributed by atoms with Crippen molar-refractivity contribution in [2.45, 2.75) is 46.2 Å². The first kappa shape index (κ1) is 25.7. The summed E-state index contributed by atoms with van der Waals surface area (Å²) in [4.78, 5) is 4.50. The SMILES string of the molecule is CC(C)=CCC/C(C)=C/COc1ccc(Cc2nc(-c3ccc(F)cc3)cs2)cc1C(F)(F)F. The summed E-state index contributed by atoms with van der Waals surface area (Å²) in [6.45, 7) is 6.09. The van der Waals surface area contributed by atoms with E-state index in [9.17, 15) is 17.6 Å². The lowest BCUT2D eigenvalue weighted by Gasteiger charge is -2.15. The molecule has 0 aliphatic rings. The fourth-order valence-corrected chi connectivity index (χ4v) is 4.16. The molecule has 180 valence electrons. The molecule has 0 fully saturated rings. The molecule has 3 rings (SSSR count). The van der Waals surface area contributed by atoms with Gasteiger partial charge in [-0.25, -0.2) is 9.37 Å². The average molecular weight is 490 g/mol. The lowest BCUT2D eigenvalue weighted by Crippen LogP contribution is -2.10. The number of halogens is 4. The quantitative estimate of drug-likeness (QED) is 0.222. The van der Waals surface area contributed by atoms with Gasteiger partial charge in [-0.05, 0) is 81.7 Å². The minimum Gasteiger partial charge on any atom is -0.489 e. The molecule has 0 aliphatic carbocycles. The second-order valence-electron chi connectivity index (χ2n) is 8.32. The summed E-state index contributed by atoms with van der Waals surface area (Å²) in [7, 11) is 0. The van der Waals surface area contributed by atoms with Crippen LogP contribution in [0.4, 0.5) is 17.6 Å². The fourth-order valence-electron chi connectivity index (χ4n) is 3.32. The molecular weight excluding hydrogens is 462 g/mol. The molecule has 0 spiro atoms. The predicted octanol–water partition coefficient (Wildman–Crippen LogP) is 8.63. The molecule has 0 saturated heterocycles. The van der Waals surface area contributed by atoms with Crippen LogP contribution in [-0.4, -0.2) is 11.6 Å². The highest BCUT2D eigenvalue weighted by Gasteiger charge is 2.34. The number of benzene rings is 2. The van der Waals surface area contributed by atoms with E-state index in [1.807, 2.05) is 32.2 Å². The van der Waals surface area contributed by atoms with E-state index in [2.05, 4.69) is 11.1 Å². The van der Waals surface area contributed by atoms with Crippen LogP contribution in [-0.2, 0) is 12.6 Å². The Morgan fingerprint density at radius 2 is 1.76 bits per heavy atom. The summed E-state index contributed by atoms with van der Waals surface area (Å²) < 4.78 is 59.7. The summed E-state index contributed by atoms with van der Waals surface area (Å²) in [6, 6.07) is 10.1. The van der Waals surface area contributed by atoms with Gasteiger partial charge < -0.3 is 4.74 Å². The van der Waals surface area contributed by atoms with Gasteiger partial charge in [-0.2, -0.15) is 13.2 Å². The van der Waals surface area contributed by atoms with Crippen LogP contribution < -0.4 is 4.74 Å². The number of hydrogen-bond acceptors (Lipinski definition) is 3. The smallest absolute Gasteiger partial charge is 0.419 e. The first-order valence-corrected chi connectivity index (χ1v) is 11.8. The molecule has 0 N–H and O–H groups in total. The highest BCUT2D eigenvalue weighted by molar-refractivity contribution is 7.10. The van der Waals surface area contributed by atoms with Gasteiger partial charge in [0.2, 0.25) is 0 Å². The molecule has 0 saturated carbocycles. The van der Waals surface area contributed by atoms with Crippen molar-refractivity contribution >= 4 is 11.3 Å². The number of aromatic nitrogens is 1. The summed E-state index contributed by atoms with van der Waals surface area (Å²) in [5, 5.41) is 2.49. The van der Waals surface area contributed by atoms with Gasteiger partial charge in [0.1, 0.15) is 18.2 Å². The summed E-state index contributed by atoms with van der Waals surface area (Å²) in [5.74, 6) is -0.522. The molecule has 1 aromatic heterocycles. The standard InChI is InChI=1S/C27H27F4NOS/c1-18(2)5-4-6-19(3)13-14-33-25-12-7-20(15-23(25)27(29,30)31)16-26-32-24(17-34-26)21-8-10-22(28)11-9-21/h5,7-13,15,17H,4,6,14,16H2,1-3H3/b19-13+. The Kier molecular flexibility index (Phi) is 8.67. The molecule has 3 aromatic rings. The molecule has 0 atom stereocenters. The maximum Gasteiger partial charge on any atom is 0.419 e. The highest BCUT2D eigenvalue weighted by atomic mass is 32.1. The van der Waals surface area contributed by atoms with Crippen molar-refractivity contribution in [3.05, 3.63) is 93.1 Å². The highest BCUT2D eigenvalue weighted by Crippen LogP contribution is 2.37. The van der Waals surface area contributed by atoms with Crippen molar-refractivity contribution in [1.82, 2.24) is 4.98 Å². The molecule has 0 bridgehead atoms. The second-order valence-corrected chi connectivity index (χ2v) is 9.26. The zero-order valence-corrected chi connectivity index (χ0v) is 20.2.